The molecule has 0 spiro atoms. The van der Waals surface area contributed by atoms with Crippen LogP contribution in [0, 0.1) is 0 Å². The van der Waals surface area contributed by atoms with Crippen LogP contribution in [0.1, 0.15) is 34.7 Å². The molecule has 1 unspecified atom stereocenters. The van der Waals surface area contributed by atoms with Crippen LogP contribution in [0.15, 0.2) is 88.2 Å². The highest BCUT2D eigenvalue weighted by Crippen LogP contribution is 2.42. The van der Waals surface area contributed by atoms with E-state index >= 15 is 0 Å². The molecule has 0 bridgehead atoms. The van der Waals surface area contributed by atoms with Crippen molar-refractivity contribution in [2.75, 3.05) is 0 Å². The molecule has 33 heavy (non-hydrogen) atoms. The van der Waals surface area contributed by atoms with Crippen LogP contribution in [0.2, 0.25) is 5.02 Å². The van der Waals surface area contributed by atoms with Gasteiger partial charge in [0, 0.05) is 10.6 Å². The Morgan fingerprint density at radius 3 is 2.70 bits per heavy atom. The molecule has 6 heteroatoms. The van der Waals surface area contributed by atoms with Crippen molar-refractivity contribution in [3.05, 3.63) is 125 Å². The van der Waals surface area contributed by atoms with Crippen LogP contribution < -0.4 is 14.9 Å². The molecule has 4 aromatic rings. The maximum absolute atomic E-state index is 13.7. The topological polar surface area (TPSA) is 54.6 Å². The zero-order valence-electron chi connectivity index (χ0n) is 17.5. The largest absolute Gasteiger partial charge is 0.508 e. The van der Waals surface area contributed by atoms with E-state index in [1.54, 1.807) is 22.8 Å². The molecule has 2 heterocycles. The van der Waals surface area contributed by atoms with Gasteiger partial charge in [-0.25, -0.2) is 4.99 Å². The summed E-state index contributed by atoms with van der Waals surface area (Å²) in [6.07, 6.45) is 3.53. The summed E-state index contributed by atoms with van der Waals surface area (Å²) in [5.41, 5.74) is 6.05. The second-order valence-electron chi connectivity index (χ2n) is 8.23. The number of hydrogen-bond donors (Lipinski definition) is 1. The summed E-state index contributed by atoms with van der Waals surface area (Å²) in [5.74, 6) is 0.164. The van der Waals surface area contributed by atoms with E-state index in [0.29, 0.717) is 14.4 Å². The Balaban J connectivity index is 1.65. The molecule has 0 saturated heterocycles. The third kappa shape index (κ3) is 3.36. The Hall–Kier alpha value is -3.41. The van der Waals surface area contributed by atoms with Crippen molar-refractivity contribution in [3.8, 4) is 5.75 Å². The van der Waals surface area contributed by atoms with Crippen LogP contribution in [0.25, 0.3) is 11.8 Å². The number of allylic oxidation sites excluding steroid dienone is 1. The number of phenols is 1. The third-order valence-electron chi connectivity index (χ3n) is 6.24. The van der Waals surface area contributed by atoms with Gasteiger partial charge in [0.25, 0.3) is 5.56 Å². The van der Waals surface area contributed by atoms with Crippen molar-refractivity contribution in [2.24, 2.45) is 4.99 Å². The van der Waals surface area contributed by atoms with E-state index in [9.17, 15) is 9.90 Å². The average molecular weight is 471 g/mol. The van der Waals surface area contributed by atoms with E-state index in [4.69, 9.17) is 16.6 Å². The molecule has 0 radical (unpaired) electrons. The van der Waals surface area contributed by atoms with E-state index < -0.39 is 0 Å². The third-order valence-corrected chi connectivity index (χ3v) is 7.57. The molecule has 1 atom stereocenters. The Morgan fingerprint density at radius 1 is 1.03 bits per heavy atom. The maximum atomic E-state index is 13.7. The molecule has 0 saturated carbocycles. The first kappa shape index (κ1) is 20.2. The fourth-order valence-electron chi connectivity index (χ4n) is 4.76. The van der Waals surface area contributed by atoms with Gasteiger partial charge in [0.15, 0.2) is 4.80 Å². The molecule has 162 valence electrons. The highest BCUT2D eigenvalue weighted by atomic mass is 35.5. The van der Waals surface area contributed by atoms with Crippen molar-refractivity contribution in [1.29, 1.82) is 0 Å². The predicted molar refractivity (Wildman–Crippen MR) is 132 cm³/mol. The number of aromatic nitrogens is 1. The fraction of sp³-hybridized carbons (Fsp3) is 0.111. The summed E-state index contributed by atoms with van der Waals surface area (Å²) in [7, 11) is 0. The lowest BCUT2D eigenvalue weighted by Crippen LogP contribution is -2.38. The van der Waals surface area contributed by atoms with Crippen LogP contribution >= 0.6 is 22.9 Å². The van der Waals surface area contributed by atoms with Gasteiger partial charge < -0.3 is 5.11 Å². The van der Waals surface area contributed by atoms with Crippen molar-refractivity contribution >= 4 is 34.7 Å². The van der Waals surface area contributed by atoms with Crippen LogP contribution in [0.4, 0.5) is 0 Å². The lowest BCUT2D eigenvalue weighted by molar-refractivity contribution is 0.475. The molecule has 1 aliphatic heterocycles. The van der Waals surface area contributed by atoms with E-state index in [2.05, 4.69) is 18.2 Å². The van der Waals surface area contributed by atoms with E-state index in [-0.39, 0.29) is 17.4 Å². The van der Waals surface area contributed by atoms with Gasteiger partial charge in [0.1, 0.15) is 5.75 Å². The molecule has 2 aliphatic rings. The van der Waals surface area contributed by atoms with Gasteiger partial charge in [0.2, 0.25) is 0 Å². The number of thiazole rings is 1. The molecular weight excluding hydrogens is 452 g/mol. The molecule has 1 aromatic heterocycles. The zero-order valence-corrected chi connectivity index (χ0v) is 19.1. The van der Waals surface area contributed by atoms with Gasteiger partial charge in [-0.1, -0.05) is 77.5 Å². The van der Waals surface area contributed by atoms with Crippen LogP contribution in [0.5, 0.6) is 5.75 Å². The van der Waals surface area contributed by atoms with Crippen molar-refractivity contribution in [2.45, 2.75) is 18.9 Å². The summed E-state index contributed by atoms with van der Waals surface area (Å²) in [5, 5.41) is 10.5. The van der Waals surface area contributed by atoms with Crippen LogP contribution in [0.3, 0.4) is 0 Å². The summed E-state index contributed by atoms with van der Waals surface area (Å²) in [4.78, 5) is 19.3. The monoisotopic (exact) mass is 470 g/mol. The van der Waals surface area contributed by atoms with Crippen molar-refractivity contribution in [3.63, 3.8) is 0 Å². The molecule has 0 amide bonds. The summed E-state index contributed by atoms with van der Waals surface area (Å²) < 4.78 is 2.36. The van der Waals surface area contributed by atoms with Gasteiger partial charge >= 0.3 is 0 Å². The minimum Gasteiger partial charge on any atom is -0.508 e. The maximum Gasteiger partial charge on any atom is 0.271 e. The minimum absolute atomic E-state index is 0.0996. The van der Waals surface area contributed by atoms with Gasteiger partial charge in [-0.2, -0.15) is 0 Å². The molecule has 0 fully saturated rings. The smallest absolute Gasteiger partial charge is 0.271 e. The van der Waals surface area contributed by atoms with Gasteiger partial charge in [-0.3, -0.25) is 9.36 Å². The number of fused-ring (bicyclic) bond motifs is 3. The number of benzene rings is 3. The number of hydrogen-bond acceptors (Lipinski definition) is 4. The molecule has 6 rings (SSSR count). The van der Waals surface area contributed by atoms with Crippen molar-refractivity contribution < 1.29 is 5.11 Å². The number of rotatable bonds is 2. The standard InChI is InChI=1S/C27H19ClN2O2S/c28-22-11-4-3-10-20(22)25-21-13-12-17-7-1-2-9-19(17)24(21)29-27-30(25)26(32)23(33-27)15-16-6-5-8-18(31)14-16/h1-11,14-15,25,31H,12-13H2/b23-15+. The lowest BCUT2D eigenvalue weighted by atomic mass is 9.83. The highest BCUT2D eigenvalue weighted by molar-refractivity contribution is 7.07. The minimum atomic E-state index is -0.301. The molecule has 3 aromatic carbocycles. The van der Waals surface area contributed by atoms with Gasteiger partial charge in [-0.15, -0.1) is 0 Å². The van der Waals surface area contributed by atoms with Gasteiger partial charge in [-0.05, 0) is 59.4 Å². The SMILES string of the molecule is O=c1/c(=C\c2cccc(O)c2)sc2n1C(c1ccccc1Cl)C1=C(N=2)c2ccccc2CC1. The first-order valence-corrected chi connectivity index (χ1v) is 12.0. The average Bonchev–Trinajstić information content (AvgIpc) is 3.13. The quantitative estimate of drug-likeness (QED) is 0.462. The second-order valence-corrected chi connectivity index (χ2v) is 9.65. The highest BCUT2D eigenvalue weighted by Gasteiger charge is 2.33. The Labute approximate surface area is 199 Å². The molecular formula is C27H19ClN2O2S. The molecule has 4 nitrogen and oxygen atoms in total. The molecule has 1 N–H and O–H groups in total. The number of phenolic OH excluding ortho intramolecular Hbond substituents is 1. The molecule has 1 aliphatic carbocycles. The van der Waals surface area contributed by atoms with Crippen LogP contribution in [-0.2, 0) is 6.42 Å². The summed E-state index contributed by atoms with van der Waals surface area (Å²) in [6.45, 7) is 0. The number of aromatic hydroxyl groups is 1. The fourth-order valence-corrected chi connectivity index (χ4v) is 6.00. The van der Waals surface area contributed by atoms with Crippen LogP contribution in [-0.4, -0.2) is 9.67 Å². The second kappa shape index (κ2) is 7.87. The summed E-state index contributed by atoms with van der Waals surface area (Å²) in [6, 6.07) is 22.7. The Kier molecular flexibility index (Phi) is 4.82. The van der Waals surface area contributed by atoms with E-state index in [1.165, 1.54) is 16.9 Å². The zero-order chi connectivity index (χ0) is 22.5. The first-order valence-electron chi connectivity index (χ1n) is 10.8. The Bertz CT molecular complexity index is 1630. The van der Waals surface area contributed by atoms with Gasteiger partial charge in [0.05, 0.1) is 16.3 Å². The number of aryl methyl sites for hydroxylation is 1. The van der Waals surface area contributed by atoms with E-state index in [0.717, 1.165) is 40.8 Å². The summed E-state index contributed by atoms with van der Waals surface area (Å²) >= 11 is 8.03. The Morgan fingerprint density at radius 2 is 1.85 bits per heavy atom. The van der Waals surface area contributed by atoms with Crippen molar-refractivity contribution in [1.82, 2.24) is 4.57 Å². The normalized spacial score (nSPS) is 17.2. The number of nitrogens with zero attached hydrogens (tertiary/aromatic N) is 2. The van der Waals surface area contributed by atoms with E-state index in [1.807, 2.05) is 42.5 Å². The first-order chi connectivity index (χ1) is 16.1. The predicted octanol–water partition coefficient (Wildman–Crippen LogP) is 4.68. The lowest BCUT2D eigenvalue weighted by Gasteiger charge is -2.31. The number of halogens is 1.